The molecular weight excluding hydrogens is 240 g/mol. The fraction of sp³-hybridized carbons (Fsp3) is 0.250. The molecule has 14 heavy (non-hydrogen) atoms. The fourth-order valence-electron chi connectivity index (χ4n) is 0.871. The van der Waals surface area contributed by atoms with Crippen molar-refractivity contribution in [1.82, 2.24) is 0 Å². The zero-order chi connectivity index (χ0) is 10.9. The van der Waals surface area contributed by atoms with Crippen molar-refractivity contribution in [3.63, 3.8) is 0 Å². The van der Waals surface area contributed by atoms with Gasteiger partial charge in [0.1, 0.15) is 5.82 Å². The third kappa shape index (κ3) is 2.53. The Morgan fingerprint density at radius 1 is 1.36 bits per heavy atom. The number of hydrogen-bond donors (Lipinski definition) is 1. The molecule has 0 radical (unpaired) electrons. The predicted molar refractivity (Wildman–Crippen MR) is 47.2 cm³/mol. The van der Waals surface area contributed by atoms with E-state index in [1.807, 2.05) is 0 Å². The number of benzene rings is 1. The monoisotopic (exact) mass is 244 g/mol. The lowest BCUT2D eigenvalue weighted by Gasteiger charge is -2.16. The van der Waals surface area contributed by atoms with E-state index in [9.17, 15) is 13.2 Å². The average molecular weight is 245 g/mol. The van der Waals surface area contributed by atoms with E-state index >= 15 is 0 Å². The van der Waals surface area contributed by atoms with E-state index in [4.69, 9.17) is 16.7 Å². The van der Waals surface area contributed by atoms with E-state index in [-0.39, 0.29) is 10.6 Å². The summed E-state index contributed by atoms with van der Waals surface area (Å²) in [5, 5.41) is 4.86. The third-order valence-electron chi connectivity index (χ3n) is 1.57. The molecule has 1 unspecified atom stereocenters. The highest BCUT2D eigenvalue weighted by molar-refractivity contribution is 6.30. The van der Waals surface area contributed by atoms with E-state index in [0.717, 1.165) is 18.2 Å². The minimum Gasteiger partial charge on any atom is -0.381 e. The topological polar surface area (TPSA) is 20.2 Å². The molecule has 0 amide bonds. The van der Waals surface area contributed by atoms with Crippen LogP contribution in [-0.2, 0) is 0 Å². The molecule has 0 aliphatic heterocycles. The molecule has 78 valence electrons. The molecule has 0 aromatic heterocycles. The van der Waals surface area contributed by atoms with Gasteiger partial charge in [0.15, 0.2) is 6.10 Å². The van der Waals surface area contributed by atoms with Gasteiger partial charge in [-0.1, -0.05) is 17.7 Å². The zero-order valence-electron chi connectivity index (χ0n) is 6.65. The second-order valence-corrected chi connectivity index (χ2v) is 3.53. The number of hydrogen-bond acceptors (Lipinski definition) is 1. The van der Waals surface area contributed by atoms with Gasteiger partial charge in [0.2, 0.25) is 0 Å². The summed E-state index contributed by atoms with van der Waals surface area (Å²) < 4.78 is 37.4. The van der Waals surface area contributed by atoms with Crippen molar-refractivity contribution < 1.29 is 18.3 Å². The van der Waals surface area contributed by atoms with Crippen LogP contribution in [0.25, 0.3) is 0 Å². The van der Waals surface area contributed by atoms with E-state index in [0.29, 0.717) is 0 Å². The van der Waals surface area contributed by atoms with Crippen LogP contribution in [0.5, 0.6) is 0 Å². The lowest BCUT2D eigenvalue weighted by Crippen LogP contribution is -2.18. The summed E-state index contributed by atoms with van der Waals surface area (Å²) in [5.74, 6) is -0.750. The maximum absolute atomic E-state index is 12.6. The Kier molecular flexibility index (Phi) is 3.29. The maximum atomic E-state index is 12.6. The number of aliphatic hydroxyl groups excluding tert-OH is 1. The van der Waals surface area contributed by atoms with Gasteiger partial charge in [-0.05, 0) is 29.3 Å². The highest BCUT2D eigenvalue weighted by Gasteiger charge is 2.36. The molecule has 0 aliphatic carbocycles. The predicted octanol–water partition coefficient (Wildman–Crippen LogP) is 3.34. The van der Waals surface area contributed by atoms with Crippen LogP contribution >= 0.6 is 23.2 Å². The van der Waals surface area contributed by atoms with Crippen molar-refractivity contribution in [2.45, 2.75) is 11.5 Å². The lowest BCUT2D eigenvalue weighted by molar-refractivity contribution is -0.0424. The average Bonchev–Trinajstić information content (AvgIpc) is 2.07. The molecule has 1 aromatic rings. The van der Waals surface area contributed by atoms with Crippen LogP contribution < -0.4 is 0 Å². The third-order valence-corrected chi connectivity index (χ3v) is 2.07. The van der Waals surface area contributed by atoms with Crippen LogP contribution in [0, 0.1) is 5.82 Å². The van der Waals surface area contributed by atoms with Crippen molar-refractivity contribution in [3.8, 4) is 0 Å². The highest BCUT2D eigenvalue weighted by Crippen LogP contribution is 2.35. The summed E-state index contributed by atoms with van der Waals surface area (Å²) in [6.07, 6.45) is -2.21. The van der Waals surface area contributed by atoms with Gasteiger partial charge >= 0.3 is 5.38 Å². The SMILES string of the molecule is OC(c1ccc(F)c(Cl)c1)C(F)(F)Cl. The van der Waals surface area contributed by atoms with Gasteiger partial charge in [-0.25, -0.2) is 4.39 Å². The molecule has 0 spiro atoms. The maximum Gasteiger partial charge on any atom is 0.351 e. The largest absolute Gasteiger partial charge is 0.381 e. The Bertz CT molecular complexity index is 338. The summed E-state index contributed by atoms with van der Waals surface area (Å²) >= 11 is 9.92. The van der Waals surface area contributed by atoms with Gasteiger partial charge < -0.3 is 5.11 Å². The number of halogens is 5. The first kappa shape index (κ1) is 11.6. The molecule has 0 saturated carbocycles. The van der Waals surface area contributed by atoms with Gasteiger partial charge in [0, 0.05) is 0 Å². The first-order valence-corrected chi connectivity index (χ1v) is 4.27. The molecule has 6 heteroatoms. The minimum atomic E-state index is -3.80. The van der Waals surface area contributed by atoms with Crippen LogP contribution in [0.3, 0.4) is 0 Å². The molecule has 1 atom stereocenters. The van der Waals surface area contributed by atoms with Crippen molar-refractivity contribution in [1.29, 1.82) is 0 Å². The number of aliphatic hydroxyl groups is 1. The molecular formula is C8H5Cl2F3O. The molecule has 0 fully saturated rings. The standard InChI is InChI=1S/C8H5Cl2F3O/c9-5-3-4(1-2-6(5)11)7(14)8(10,12)13/h1-3,7,14H. The van der Waals surface area contributed by atoms with Crippen LogP contribution in [0.1, 0.15) is 11.7 Å². The van der Waals surface area contributed by atoms with Crippen LogP contribution in [0.15, 0.2) is 18.2 Å². The quantitative estimate of drug-likeness (QED) is 0.792. The second kappa shape index (κ2) is 3.96. The summed E-state index contributed by atoms with van der Waals surface area (Å²) in [6, 6.07) is 2.77. The molecule has 0 saturated heterocycles. The summed E-state index contributed by atoms with van der Waals surface area (Å²) in [5.41, 5.74) is -0.239. The highest BCUT2D eigenvalue weighted by atomic mass is 35.5. The summed E-state index contributed by atoms with van der Waals surface area (Å²) in [4.78, 5) is 0. The molecule has 0 heterocycles. The lowest BCUT2D eigenvalue weighted by atomic mass is 10.1. The van der Waals surface area contributed by atoms with Crippen LogP contribution in [0.2, 0.25) is 5.02 Å². The van der Waals surface area contributed by atoms with E-state index in [2.05, 4.69) is 11.6 Å². The van der Waals surface area contributed by atoms with Gasteiger partial charge in [0.05, 0.1) is 5.02 Å². The van der Waals surface area contributed by atoms with Gasteiger partial charge in [-0.2, -0.15) is 8.78 Å². The Hall–Kier alpha value is -0.450. The van der Waals surface area contributed by atoms with E-state index in [1.165, 1.54) is 0 Å². The molecule has 0 aliphatic rings. The van der Waals surface area contributed by atoms with E-state index < -0.39 is 17.3 Å². The summed E-state index contributed by atoms with van der Waals surface area (Å²) in [7, 11) is 0. The van der Waals surface area contributed by atoms with Crippen molar-refractivity contribution in [2.24, 2.45) is 0 Å². The van der Waals surface area contributed by atoms with Gasteiger partial charge in [-0.3, -0.25) is 0 Å². The minimum absolute atomic E-state index is 0.239. The normalized spacial score (nSPS) is 14.1. The smallest absolute Gasteiger partial charge is 0.351 e. The molecule has 1 nitrogen and oxygen atoms in total. The van der Waals surface area contributed by atoms with Crippen LogP contribution in [-0.4, -0.2) is 10.5 Å². The molecule has 0 bridgehead atoms. The van der Waals surface area contributed by atoms with Crippen molar-refractivity contribution in [2.75, 3.05) is 0 Å². The van der Waals surface area contributed by atoms with Crippen molar-refractivity contribution >= 4 is 23.2 Å². The Morgan fingerprint density at radius 2 is 1.93 bits per heavy atom. The fourth-order valence-corrected chi connectivity index (χ4v) is 1.19. The number of alkyl halides is 3. The first-order valence-electron chi connectivity index (χ1n) is 3.52. The van der Waals surface area contributed by atoms with Crippen molar-refractivity contribution in [3.05, 3.63) is 34.6 Å². The van der Waals surface area contributed by atoms with E-state index in [1.54, 1.807) is 0 Å². The molecule has 1 N–H and O–H groups in total. The Morgan fingerprint density at radius 3 is 2.36 bits per heavy atom. The van der Waals surface area contributed by atoms with Gasteiger partial charge in [0.25, 0.3) is 0 Å². The van der Waals surface area contributed by atoms with Gasteiger partial charge in [-0.15, -0.1) is 0 Å². The Balaban J connectivity index is 3.03. The number of rotatable bonds is 2. The zero-order valence-corrected chi connectivity index (χ0v) is 8.16. The Labute approximate surface area is 88.1 Å². The second-order valence-electron chi connectivity index (χ2n) is 2.62. The molecule has 1 aromatic carbocycles. The van der Waals surface area contributed by atoms with Crippen LogP contribution in [0.4, 0.5) is 13.2 Å². The first-order chi connectivity index (χ1) is 6.32. The summed E-state index contributed by atoms with van der Waals surface area (Å²) in [6.45, 7) is 0. The molecule has 1 rings (SSSR count).